The van der Waals surface area contributed by atoms with Crippen molar-refractivity contribution in [2.75, 3.05) is 27.3 Å². The Morgan fingerprint density at radius 2 is 1.73 bits per heavy atom. The van der Waals surface area contributed by atoms with Gasteiger partial charge in [-0.15, -0.1) is 0 Å². The van der Waals surface area contributed by atoms with Crippen LogP contribution < -0.4 is 4.74 Å². The van der Waals surface area contributed by atoms with Crippen molar-refractivity contribution in [2.45, 2.75) is 44.6 Å². The van der Waals surface area contributed by atoms with Crippen molar-refractivity contribution in [3.63, 3.8) is 0 Å². The van der Waals surface area contributed by atoms with Crippen molar-refractivity contribution in [1.29, 1.82) is 0 Å². The molecule has 1 fully saturated rings. The fourth-order valence-electron chi connectivity index (χ4n) is 2.54. The summed E-state index contributed by atoms with van der Waals surface area (Å²) in [6.07, 6.45) is 1.63. The normalized spacial score (nSPS) is 16.8. The third-order valence-corrected chi connectivity index (χ3v) is 5.85. The first-order chi connectivity index (χ1) is 10.5. The Labute approximate surface area is 134 Å². The lowest BCUT2D eigenvalue weighted by Crippen LogP contribution is -2.40. The highest BCUT2D eigenvalue weighted by atomic mass is 32.2. The highest BCUT2D eigenvalue weighted by molar-refractivity contribution is 7.89. The van der Waals surface area contributed by atoms with E-state index in [0.29, 0.717) is 29.3 Å². The molecule has 0 saturated carbocycles. The quantitative estimate of drug-likeness (QED) is 0.852. The van der Waals surface area contributed by atoms with E-state index >= 15 is 0 Å². The Kier molecular flexibility index (Phi) is 7.32. The van der Waals surface area contributed by atoms with Gasteiger partial charge in [0, 0.05) is 25.8 Å². The van der Waals surface area contributed by atoms with Gasteiger partial charge in [-0.2, -0.15) is 4.31 Å². The number of piperidine rings is 1. The van der Waals surface area contributed by atoms with Gasteiger partial charge in [-0.05, 0) is 31.9 Å². The van der Waals surface area contributed by atoms with Gasteiger partial charge >= 0.3 is 0 Å². The van der Waals surface area contributed by atoms with Crippen LogP contribution in [0.15, 0.2) is 23.1 Å². The first-order valence-electron chi connectivity index (χ1n) is 7.67. The molecule has 0 spiro atoms. The van der Waals surface area contributed by atoms with Gasteiger partial charge in [0.25, 0.3) is 0 Å². The second kappa shape index (κ2) is 8.50. The van der Waals surface area contributed by atoms with E-state index in [4.69, 9.17) is 9.47 Å². The fourth-order valence-corrected chi connectivity index (χ4v) is 4.25. The molecule has 6 heteroatoms. The molecule has 1 aliphatic rings. The molecule has 1 saturated heterocycles. The van der Waals surface area contributed by atoms with Crippen LogP contribution >= 0.6 is 0 Å². The predicted molar refractivity (Wildman–Crippen MR) is 87.9 cm³/mol. The average Bonchev–Trinajstić information content (AvgIpc) is 2.56. The van der Waals surface area contributed by atoms with Gasteiger partial charge < -0.3 is 9.47 Å². The van der Waals surface area contributed by atoms with Crippen LogP contribution in [-0.2, 0) is 14.8 Å². The van der Waals surface area contributed by atoms with Crippen molar-refractivity contribution < 1.29 is 17.9 Å². The molecule has 0 aliphatic carbocycles. The lowest BCUT2D eigenvalue weighted by molar-refractivity contribution is 0.0604. The van der Waals surface area contributed by atoms with Crippen LogP contribution in [0, 0.1) is 6.92 Å². The lowest BCUT2D eigenvalue weighted by Gasteiger charge is -2.30. The summed E-state index contributed by atoms with van der Waals surface area (Å²) in [6.45, 7) is 6.77. The number of ether oxygens (including phenoxy) is 2. The number of benzene rings is 1. The average molecular weight is 329 g/mol. The van der Waals surface area contributed by atoms with E-state index in [-0.39, 0.29) is 6.10 Å². The van der Waals surface area contributed by atoms with Crippen LogP contribution in [0.25, 0.3) is 0 Å². The molecule has 0 N–H and O–H groups in total. The third kappa shape index (κ3) is 4.00. The summed E-state index contributed by atoms with van der Waals surface area (Å²) in [4.78, 5) is 0.327. The lowest BCUT2D eigenvalue weighted by atomic mass is 10.1. The minimum Gasteiger partial charge on any atom is -0.496 e. The van der Waals surface area contributed by atoms with Crippen LogP contribution in [0.3, 0.4) is 0 Å². The molecule has 0 amide bonds. The van der Waals surface area contributed by atoms with Gasteiger partial charge in [-0.25, -0.2) is 8.42 Å². The van der Waals surface area contributed by atoms with Crippen LogP contribution in [0.2, 0.25) is 0 Å². The predicted octanol–water partition coefficient (Wildman–Crippen LogP) is 2.83. The Morgan fingerprint density at radius 3 is 2.23 bits per heavy atom. The maximum absolute atomic E-state index is 12.7. The molecule has 0 unspecified atom stereocenters. The van der Waals surface area contributed by atoms with E-state index in [1.54, 1.807) is 39.3 Å². The molecular weight excluding hydrogens is 302 g/mol. The highest BCUT2D eigenvalue weighted by Gasteiger charge is 2.30. The van der Waals surface area contributed by atoms with Gasteiger partial charge in [0.15, 0.2) is 0 Å². The summed E-state index contributed by atoms with van der Waals surface area (Å²) in [5, 5.41) is 0. The summed E-state index contributed by atoms with van der Waals surface area (Å²) in [7, 11) is -0.247. The summed E-state index contributed by atoms with van der Waals surface area (Å²) in [5.74, 6) is 0.595. The zero-order chi connectivity index (χ0) is 16.8. The number of hydrogen-bond donors (Lipinski definition) is 0. The van der Waals surface area contributed by atoms with E-state index in [0.717, 1.165) is 12.8 Å². The number of nitrogens with zero attached hydrogens (tertiary/aromatic N) is 1. The third-order valence-electron chi connectivity index (χ3n) is 3.81. The molecule has 0 aromatic heterocycles. The highest BCUT2D eigenvalue weighted by Crippen LogP contribution is 2.28. The monoisotopic (exact) mass is 329 g/mol. The molecule has 0 bridgehead atoms. The van der Waals surface area contributed by atoms with Crippen LogP contribution in [0.4, 0.5) is 0 Å². The van der Waals surface area contributed by atoms with Gasteiger partial charge in [0.2, 0.25) is 10.0 Å². The molecule has 5 nitrogen and oxygen atoms in total. The molecule has 2 rings (SSSR count). The van der Waals surface area contributed by atoms with Gasteiger partial charge in [-0.3, -0.25) is 0 Å². The number of hydrogen-bond acceptors (Lipinski definition) is 4. The maximum Gasteiger partial charge on any atom is 0.243 e. The van der Waals surface area contributed by atoms with E-state index in [1.165, 1.54) is 4.31 Å². The van der Waals surface area contributed by atoms with Crippen molar-refractivity contribution >= 4 is 10.0 Å². The van der Waals surface area contributed by atoms with Crippen molar-refractivity contribution in [2.24, 2.45) is 0 Å². The summed E-state index contributed by atoms with van der Waals surface area (Å²) >= 11 is 0. The molecule has 1 aromatic carbocycles. The van der Waals surface area contributed by atoms with Crippen molar-refractivity contribution in [3.8, 4) is 5.75 Å². The molecule has 126 valence electrons. The van der Waals surface area contributed by atoms with Crippen molar-refractivity contribution in [3.05, 3.63) is 23.8 Å². The van der Waals surface area contributed by atoms with E-state index in [2.05, 4.69) is 0 Å². The zero-order valence-electron chi connectivity index (χ0n) is 14.1. The molecule has 22 heavy (non-hydrogen) atoms. The summed E-state index contributed by atoms with van der Waals surface area (Å²) < 4.78 is 37.4. The Hall–Kier alpha value is -1.11. The second-order valence-corrected chi connectivity index (χ2v) is 6.83. The Balaban J connectivity index is 0.00000116. The first-order valence-corrected chi connectivity index (χ1v) is 9.11. The Bertz CT molecular complexity index is 564. The van der Waals surface area contributed by atoms with Gasteiger partial charge in [0.1, 0.15) is 5.75 Å². The molecule has 1 heterocycles. The number of methoxy groups -OCH3 is 2. The van der Waals surface area contributed by atoms with Crippen LogP contribution in [-0.4, -0.2) is 46.1 Å². The summed E-state index contributed by atoms with van der Waals surface area (Å²) in [6, 6.07) is 5.11. The van der Waals surface area contributed by atoms with E-state index < -0.39 is 10.0 Å². The number of rotatable bonds is 4. The largest absolute Gasteiger partial charge is 0.496 e. The molecule has 1 aliphatic heterocycles. The molecule has 0 atom stereocenters. The molecule has 0 radical (unpaired) electrons. The zero-order valence-corrected chi connectivity index (χ0v) is 14.9. The second-order valence-electron chi connectivity index (χ2n) is 4.92. The minimum absolute atomic E-state index is 0.160. The SMILES string of the molecule is CC.COc1cccc(S(=O)(=O)N2CCC(OC)CC2)c1C. The van der Waals surface area contributed by atoms with Gasteiger partial charge in [0.05, 0.1) is 18.1 Å². The fraction of sp³-hybridized carbons (Fsp3) is 0.625. The van der Waals surface area contributed by atoms with Crippen molar-refractivity contribution in [1.82, 2.24) is 4.31 Å². The van der Waals surface area contributed by atoms with E-state index in [1.807, 2.05) is 13.8 Å². The summed E-state index contributed by atoms with van der Waals surface area (Å²) in [5.41, 5.74) is 0.656. The molecule has 1 aromatic rings. The standard InChI is InChI=1S/C14H21NO4S.C2H6/c1-11-13(19-3)5-4-6-14(11)20(16,17)15-9-7-12(18-2)8-10-15;1-2/h4-6,12H,7-10H2,1-3H3;1-2H3. The van der Waals surface area contributed by atoms with Crippen LogP contribution in [0.1, 0.15) is 32.3 Å². The smallest absolute Gasteiger partial charge is 0.243 e. The van der Waals surface area contributed by atoms with E-state index in [9.17, 15) is 8.42 Å². The first kappa shape index (κ1) is 18.9. The topological polar surface area (TPSA) is 55.8 Å². The minimum atomic E-state index is -3.46. The van der Waals surface area contributed by atoms with Crippen LogP contribution in [0.5, 0.6) is 5.75 Å². The Morgan fingerprint density at radius 1 is 1.14 bits per heavy atom. The molecular formula is C16H27NO4S. The van der Waals surface area contributed by atoms with Gasteiger partial charge in [-0.1, -0.05) is 19.9 Å². The number of sulfonamides is 1. The maximum atomic E-state index is 12.7.